The van der Waals surface area contributed by atoms with Gasteiger partial charge in [0.05, 0.1) is 19.6 Å². The van der Waals surface area contributed by atoms with E-state index in [1.165, 1.54) is 141 Å². The van der Waals surface area contributed by atoms with Crippen LogP contribution in [0.1, 0.15) is 28.5 Å². The average Bonchev–Trinajstić information content (AvgIpc) is 1.64. The van der Waals surface area contributed by atoms with E-state index in [4.69, 9.17) is 206 Å². The Balaban J connectivity index is 0.000000201. The third-order valence-corrected chi connectivity index (χ3v) is 24.4. The lowest BCUT2D eigenvalue weighted by atomic mass is 8.56. The number of hydrogen-bond donors (Lipinski definition) is 0. The molecule has 0 fully saturated rings. The third kappa shape index (κ3) is 26.3. The number of para-hydroxylation sites is 1. The van der Waals surface area contributed by atoms with Crippen molar-refractivity contribution < 1.29 is 4.42 Å². The maximum absolute atomic E-state index is 5.73. The van der Waals surface area contributed by atoms with Gasteiger partial charge in [0.2, 0.25) is 0 Å². The molecule has 0 bridgehead atoms. The van der Waals surface area contributed by atoms with E-state index >= 15 is 0 Å². The average molecular weight is 1480 g/mol. The SMILES string of the molecule is Cc1c2c(cn1C)oc1ccccc12.Cc1c2c(cn1C)sc1ccccc12.Cc1c2sc3ccccc3c2cn1C.Cc1cc2c3ccccc3sc2n1C.Cc1cc2sc3ccccc3c2n1C.[B]B([B])B(B([B])[B])B([B])[B].[B]B([B])B([B])B([B])[B].[B][B]B(B([B])[B])B([B])[B].[B][B]B([B])B(B([B])[B])B([B])[B].[B][B]B([B])B([B])[B]. The zero-order chi connectivity index (χ0) is 85.9. The van der Waals surface area contributed by atoms with Gasteiger partial charge in [0.15, 0.2) is 5.58 Å². The van der Waals surface area contributed by atoms with Crippen molar-refractivity contribution in [1.29, 1.82) is 0 Å². The van der Waals surface area contributed by atoms with Crippen molar-refractivity contribution in [2.75, 3.05) is 0 Å². The van der Waals surface area contributed by atoms with Gasteiger partial charge in [0.25, 0.3) is 0 Å². The standard InChI is InChI=1S/C12H11NO.4C12H11NS.B11.B10.B9.B8.B7/c1-8-12-9-5-3-4-6-10(9)14-11(12)7-13(8)2;1-8-12-10(7-13(8)2)9-5-3-4-6-11(9)14-12;1-8-12-9-5-3-4-6-10(9)14-11(12)7-13(8)2;1-8-7-10-9-5-3-4-6-11(9)14-12(10)13(8)2;1-8-7-11-12(13(8)2)9-5-3-4-6-10(9)14-11;1-7-10(6)11(8(2)3)9(4)5;1-7(2)10(8(3)4)9(5)6;1-6-9(7(2)3)8(4)5;1-6(2)8(5)7(3)4;1-5-7(4)6(2)3/h5*3-7H,1-2H3;;;;;. The smallest absolute Gasteiger partial charge is 0.153 e. The van der Waals surface area contributed by atoms with Gasteiger partial charge in [-0.3, -0.25) is 0 Å². The number of aryl methyl sites for hydroxylation is 10. The van der Waals surface area contributed by atoms with Crippen LogP contribution >= 0.6 is 45.3 Å². The highest BCUT2D eigenvalue weighted by atomic mass is 32.1. The van der Waals surface area contributed by atoms with Gasteiger partial charge in [-0.15, -0.1) is 45.3 Å². The van der Waals surface area contributed by atoms with Gasteiger partial charge in [-0.1, -0.05) is 91.0 Å². The van der Waals surface area contributed by atoms with Crippen LogP contribution in [0.3, 0.4) is 0 Å². The molecule has 0 atom stereocenters. The van der Waals surface area contributed by atoms with Crippen LogP contribution in [0, 0.1) is 34.6 Å². The molecule has 0 N–H and O–H groups in total. The quantitative estimate of drug-likeness (QED) is 0.150. The van der Waals surface area contributed by atoms with Crippen molar-refractivity contribution in [3.05, 3.63) is 181 Å². The predicted molar refractivity (Wildman–Crippen MR) is 569 cm³/mol. The number of furan rings is 1. The van der Waals surface area contributed by atoms with Crippen molar-refractivity contribution in [3.63, 3.8) is 0 Å². The largest absolute Gasteiger partial charge is 0.454 e. The molecule has 0 aliphatic heterocycles. The van der Waals surface area contributed by atoms with Crippen LogP contribution in [-0.2, 0) is 35.2 Å². The number of fused-ring (bicyclic) bond motifs is 15. The fourth-order valence-corrected chi connectivity index (χ4v) is 17.2. The number of nitrogens with zero attached hydrogens (tertiary/aromatic N) is 5. The molecule has 55 radical (unpaired) electrons. The minimum absolute atomic E-state index is 0.315. The second-order valence-electron chi connectivity index (χ2n) is 28.1. The van der Waals surface area contributed by atoms with Crippen LogP contribution in [0.4, 0.5) is 0 Å². The van der Waals surface area contributed by atoms with Gasteiger partial charge >= 0.3 is 0 Å². The molecule has 15 aromatic rings. The molecule has 0 saturated carbocycles. The summed E-state index contributed by atoms with van der Waals surface area (Å²) in [4.78, 5) is 1.38. The van der Waals surface area contributed by atoms with Crippen molar-refractivity contribution >= 4 is 473 Å². The molecule has 0 saturated heterocycles. The van der Waals surface area contributed by atoms with E-state index < -0.39 is 83.0 Å². The van der Waals surface area contributed by atoms with Crippen LogP contribution in [0.2, 0.25) is 0 Å². The molecule has 10 aromatic heterocycles. The molecule has 15 rings (SSSR count). The van der Waals surface area contributed by atoms with Gasteiger partial charge in [-0.05, 0) is 77.1 Å². The van der Waals surface area contributed by atoms with Gasteiger partial charge in [-0.25, -0.2) is 0 Å². The molecular weight excluding hydrogens is 1420 g/mol. The maximum atomic E-state index is 5.73. The van der Waals surface area contributed by atoms with E-state index in [-0.39, 0.29) is 19.2 Å². The number of benzene rings is 5. The Morgan fingerprint density at radius 2 is 0.722 bits per heavy atom. The highest BCUT2D eigenvalue weighted by Gasteiger charge is 2.28. The Morgan fingerprint density at radius 3 is 1.16 bits per heavy atom. The summed E-state index contributed by atoms with van der Waals surface area (Å²) in [5.41, 5.74) is 9.97. The monoisotopic (exact) mass is 1480 g/mol. The van der Waals surface area contributed by atoms with E-state index in [1.54, 1.807) is 0 Å². The van der Waals surface area contributed by atoms with E-state index in [0.717, 1.165) is 11.2 Å². The van der Waals surface area contributed by atoms with Crippen LogP contribution in [0.5, 0.6) is 0 Å². The lowest BCUT2D eigenvalue weighted by Gasteiger charge is -2.25. The van der Waals surface area contributed by atoms with Crippen LogP contribution < -0.4 is 0 Å². The van der Waals surface area contributed by atoms with Gasteiger partial charge in [0, 0.05) is 474 Å². The number of thiophene rings is 4. The van der Waals surface area contributed by atoms with Gasteiger partial charge in [0.1, 0.15) is 10.4 Å². The van der Waals surface area contributed by atoms with Crippen molar-refractivity contribution in [2.24, 2.45) is 35.2 Å². The fourth-order valence-electron chi connectivity index (χ4n) is 12.3. The summed E-state index contributed by atoms with van der Waals surface area (Å²) in [6.07, 6.45) is -2.28. The third-order valence-electron chi connectivity index (χ3n) is 19.6. The molecular formula is C60H55B45N5OS4. The molecule has 55 heteroatoms. The molecule has 0 aliphatic rings. The first-order chi connectivity index (χ1) is 54.1. The van der Waals surface area contributed by atoms with Gasteiger partial charge < -0.3 is 27.3 Å². The molecule has 115 heavy (non-hydrogen) atoms. The second-order valence-corrected chi connectivity index (χ2v) is 32.4. The number of hydrogen-bond acceptors (Lipinski definition) is 5. The second kappa shape index (κ2) is 46.9. The molecule has 6 nitrogen and oxygen atoms in total. The molecule has 10 heterocycles. The van der Waals surface area contributed by atoms with E-state index in [1.807, 2.05) is 76.8 Å². The lowest BCUT2D eigenvalue weighted by Crippen LogP contribution is -2.63. The first-order valence-electron chi connectivity index (χ1n) is 36.9. The van der Waals surface area contributed by atoms with Crippen LogP contribution in [-0.4, -0.2) is 347 Å². The summed E-state index contributed by atoms with van der Waals surface area (Å²) >= 11 is 7.51. The van der Waals surface area contributed by atoms with E-state index in [0.29, 0.717) is 0 Å². The highest BCUT2D eigenvalue weighted by molar-refractivity contribution is 8.02. The Labute approximate surface area is 743 Å². The van der Waals surface area contributed by atoms with Crippen LogP contribution in [0.15, 0.2) is 156 Å². The highest BCUT2D eigenvalue weighted by Crippen LogP contribution is 2.40. The first-order valence-corrected chi connectivity index (χ1v) is 40.1. The zero-order valence-corrected chi connectivity index (χ0v) is 70.5. The Bertz CT molecular complexity index is 5030. The molecule has 0 unspecified atom stereocenters. The van der Waals surface area contributed by atoms with Crippen molar-refractivity contribution in [1.82, 2.24) is 22.8 Å². The number of rotatable bonds is 14. The molecule has 0 aliphatic carbocycles. The summed E-state index contributed by atoms with van der Waals surface area (Å²) in [7, 11) is 151. The first kappa shape index (κ1) is 99.9. The fraction of sp³-hybridized carbons (Fsp3) is 0.167. The summed E-state index contributed by atoms with van der Waals surface area (Å²) in [5, 5.41) is 12.2. The summed E-state index contributed by atoms with van der Waals surface area (Å²) in [6, 6.07) is 47.1. The lowest BCUT2D eigenvalue weighted by molar-refractivity contribution is 0.665. The Hall–Kier alpha value is -3.90. The molecule has 5 aromatic carbocycles. The van der Waals surface area contributed by atoms with E-state index in [9.17, 15) is 0 Å². The van der Waals surface area contributed by atoms with Crippen molar-refractivity contribution in [2.45, 2.75) is 34.6 Å². The maximum Gasteiger partial charge on any atom is 0.153 e. The van der Waals surface area contributed by atoms with E-state index in [2.05, 4.69) is 213 Å². The Morgan fingerprint density at radius 1 is 0.313 bits per heavy atom. The predicted octanol–water partition coefficient (Wildman–Crippen LogP) is 0.903. The minimum atomic E-state index is -0.667. The molecule has 0 amide bonds. The van der Waals surface area contributed by atoms with Crippen molar-refractivity contribution in [3.8, 4) is 0 Å². The summed E-state index contributed by atoms with van der Waals surface area (Å²) in [5.74, 6) is 0. The molecule has 485 valence electrons. The normalized spacial score (nSPS) is 10.2. The summed E-state index contributed by atoms with van der Waals surface area (Å²) in [6.45, 7) is 10.8. The molecule has 0 spiro atoms. The van der Waals surface area contributed by atoms with Crippen LogP contribution in [0.25, 0.3) is 103 Å². The minimum Gasteiger partial charge on any atom is -0.454 e. The summed E-state index contributed by atoms with van der Waals surface area (Å²) < 4.78 is 26.5. The Kier molecular flexibility index (Phi) is 40.8. The zero-order valence-electron chi connectivity index (χ0n) is 67.2. The van der Waals surface area contributed by atoms with Gasteiger partial charge in [-0.2, -0.15) is 0 Å². The topological polar surface area (TPSA) is 37.8 Å². The number of aromatic nitrogens is 5.